The molecule has 32 heavy (non-hydrogen) atoms. The van der Waals surface area contributed by atoms with Gasteiger partial charge in [0.05, 0.1) is 11.9 Å². The van der Waals surface area contributed by atoms with Crippen molar-refractivity contribution in [3.05, 3.63) is 23.8 Å². The molecule has 1 fully saturated rings. The highest BCUT2D eigenvalue weighted by molar-refractivity contribution is 7.91. The third-order valence-corrected chi connectivity index (χ3v) is 8.15. The number of carbonyl (C=O) groups is 1. The summed E-state index contributed by atoms with van der Waals surface area (Å²) >= 11 is 0. The van der Waals surface area contributed by atoms with E-state index in [9.17, 15) is 18.3 Å². The molecule has 0 spiro atoms. The standard InChI is InChI=1S/C24H37NO6S/c1-2-14-32(28,29)15-6-3-7-21(26)16-20(18-25-10-4-5-11-25)24(27)19-8-9-22-23(17-19)31-13-12-30-22/h8-9,17,20,24,27H,2-7,10-16,18H2,1H3/t20-,24-/m1/s1. The van der Waals surface area contributed by atoms with Gasteiger partial charge in [-0.2, -0.15) is 0 Å². The number of nitrogens with zero attached hydrogens (tertiary/aromatic N) is 1. The summed E-state index contributed by atoms with van der Waals surface area (Å²) in [5.74, 6) is 1.53. The van der Waals surface area contributed by atoms with Crippen molar-refractivity contribution in [2.75, 3.05) is 44.4 Å². The zero-order chi connectivity index (χ0) is 23.0. The normalized spacial score (nSPS) is 18.4. The van der Waals surface area contributed by atoms with E-state index in [0.717, 1.165) is 31.5 Å². The molecular formula is C24H37NO6S. The minimum Gasteiger partial charge on any atom is -0.486 e. The van der Waals surface area contributed by atoms with E-state index < -0.39 is 15.9 Å². The van der Waals surface area contributed by atoms with Crippen LogP contribution in [0, 0.1) is 5.92 Å². The lowest BCUT2D eigenvalue weighted by molar-refractivity contribution is -0.121. The molecule has 0 aliphatic carbocycles. The largest absolute Gasteiger partial charge is 0.486 e. The topological polar surface area (TPSA) is 93.1 Å². The number of carbonyl (C=O) groups excluding carboxylic acids is 1. The lowest BCUT2D eigenvalue weighted by Gasteiger charge is -2.28. The zero-order valence-corrected chi connectivity index (χ0v) is 19.9. The highest BCUT2D eigenvalue weighted by Gasteiger charge is 2.28. The van der Waals surface area contributed by atoms with Crippen molar-refractivity contribution < 1.29 is 27.8 Å². The number of aliphatic hydroxyl groups excluding tert-OH is 1. The summed E-state index contributed by atoms with van der Waals surface area (Å²) in [6, 6.07) is 5.48. The first-order chi connectivity index (χ1) is 15.4. The Labute approximate surface area is 192 Å². The predicted octanol–water partition coefficient (Wildman–Crippen LogP) is 3.16. The number of unbranched alkanes of at least 4 members (excludes halogenated alkanes) is 1. The van der Waals surface area contributed by atoms with Gasteiger partial charge in [-0.05, 0) is 62.9 Å². The van der Waals surface area contributed by atoms with E-state index in [4.69, 9.17) is 9.47 Å². The Balaban J connectivity index is 1.59. The van der Waals surface area contributed by atoms with Gasteiger partial charge in [-0.3, -0.25) is 4.79 Å². The van der Waals surface area contributed by atoms with Crippen molar-refractivity contribution in [2.24, 2.45) is 5.92 Å². The number of fused-ring (bicyclic) bond motifs is 1. The van der Waals surface area contributed by atoms with Crippen LogP contribution in [0.15, 0.2) is 18.2 Å². The van der Waals surface area contributed by atoms with E-state index in [1.807, 2.05) is 25.1 Å². The van der Waals surface area contributed by atoms with E-state index >= 15 is 0 Å². The van der Waals surface area contributed by atoms with Crippen LogP contribution in [0.2, 0.25) is 0 Å². The summed E-state index contributed by atoms with van der Waals surface area (Å²) < 4.78 is 34.9. The molecular weight excluding hydrogens is 430 g/mol. The molecule has 1 N–H and O–H groups in total. The lowest BCUT2D eigenvalue weighted by Crippen LogP contribution is -2.31. The summed E-state index contributed by atoms with van der Waals surface area (Å²) in [6.45, 7) is 5.51. The van der Waals surface area contributed by atoms with Gasteiger partial charge in [0.15, 0.2) is 11.5 Å². The highest BCUT2D eigenvalue weighted by Crippen LogP contribution is 2.35. The summed E-state index contributed by atoms with van der Waals surface area (Å²) in [5, 5.41) is 11.2. The molecule has 2 aliphatic heterocycles. The molecule has 180 valence electrons. The summed E-state index contributed by atoms with van der Waals surface area (Å²) in [7, 11) is -3.01. The molecule has 3 rings (SSSR count). The maximum absolute atomic E-state index is 12.7. The first-order valence-electron chi connectivity index (χ1n) is 11.9. The van der Waals surface area contributed by atoms with Crippen LogP contribution < -0.4 is 9.47 Å². The molecule has 1 aromatic rings. The number of sulfone groups is 1. The van der Waals surface area contributed by atoms with Crippen molar-refractivity contribution in [3.8, 4) is 11.5 Å². The quantitative estimate of drug-likeness (QED) is 0.446. The second-order valence-corrected chi connectivity index (χ2v) is 11.3. The van der Waals surface area contributed by atoms with E-state index in [1.165, 1.54) is 0 Å². The van der Waals surface area contributed by atoms with Gasteiger partial charge >= 0.3 is 0 Å². The molecule has 0 saturated carbocycles. The van der Waals surface area contributed by atoms with Crippen molar-refractivity contribution in [2.45, 2.75) is 58.0 Å². The number of hydrogen-bond acceptors (Lipinski definition) is 7. The molecule has 0 radical (unpaired) electrons. The van der Waals surface area contributed by atoms with Crippen LogP contribution >= 0.6 is 0 Å². The van der Waals surface area contributed by atoms with E-state index in [1.54, 1.807) is 0 Å². The Morgan fingerprint density at radius 1 is 1.09 bits per heavy atom. The van der Waals surface area contributed by atoms with Crippen LogP contribution in [0.4, 0.5) is 0 Å². The minimum atomic E-state index is -3.01. The average Bonchev–Trinajstić information content (AvgIpc) is 3.28. The van der Waals surface area contributed by atoms with Gasteiger partial charge in [0.2, 0.25) is 0 Å². The van der Waals surface area contributed by atoms with Crippen LogP contribution in [-0.2, 0) is 14.6 Å². The maximum Gasteiger partial charge on any atom is 0.161 e. The highest BCUT2D eigenvalue weighted by atomic mass is 32.2. The van der Waals surface area contributed by atoms with Crippen LogP contribution in [0.25, 0.3) is 0 Å². The summed E-state index contributed by atoms with van der Waals surface area (Å²) in [6.07, 6.45) is 3.85. The summed E-state index contributed by atoms with van der Waals surface area (Å²) in [5.41, 5.74) is 0.733. The van der Waals surface area contributed by atoms with E-state index in [2.05, 4.69) is 4.90 Å². The molecule has 2 heterocycles. The Morgan fingerprint density at radius 2 is 1.81 bits per heavy atom. The fraction of sp³-hybridized carbons (Fsp3) is 0.708. The van der Waals surface area contributed by atoms with Crippen molar-refractivity contribution in [1.29, 1.82) is 0 Å². The Bertz CT molecular complexity index is 850. The fourth-order valence-corrected chi connectivity index (χ4v) is 6.01. The van der Waals surface area contributed by atoms with Gasteiger partial charge in [-0.25, -0.2) is 8.42 Å². The van der Waals surface area contributed by atoms with Crippen LogP contribution in [0.5, 0.6) is 11.5 Å². The Morgan fingerprint density at radius 3 is 2.53 bits per heavy atom. The zero-order valence-electron chi connectivity index (χ0n) is 19.1. The third kappa shape index (κ3) is 7.46. The van der Waals surface area contributed by atoms with Crippen molar-refractivity contribution >= 4 is 15.6 Å². The number of benzene rings is 1. The van der Waals surface area contributed by atoms with Gasteiger partial charge in [-0.1, -0.05) is 13.0 Å². The molecule has 0 aromatic heterocycles. The van der Waals surface area contributed by atoms with Crippen molar-refractivity contribution in [1.82, 2.24) is 4.90 Å². The van der Waals surface area contributed by atoms with E-state index in [0.29, 0.717) is 56.9 Å². The average molecular weight is 468 g/mol. The minimum absolute atomic E-state index is 0.0821. The van der Waals surface area contributed by atoms with Gasteiger partial charge < -0.3 is 19.5 Å². The van der Waals surface area contributed by atoms with Gasteiger partial charge in [0.25, 0.3) is 0 Å². The van der Waals surface area contributed by atoms with Gasteiger partial charge in [0.1, 0.15) is 28.8 Å². The Kier molecular flexibility index (Phi) is 9.37. The molecule has 1 saturated heterocycles. The van der Waals surface area contributed by atoms with Crippen molar-refractivity contribution in [3.63, 3.8) is 0 Å². The molecule has 0 unspecified atom stereocenters. The molecule has 2 atom stereocenters. The maximum atomic E-state index is 12.7. The number of aliphatic hydroxyl groups is 1. The first-order valence-corrected chi connectivity index (χ1v) is 13.7. The number of ether oxygens (including phenoxy) is 2. The fourth-order valence-electron chi connectivity index (χ4n) is 4.54. The third-order valence-electron chi connectivity index (χ3n) is 6.21. The van der Waals surface area contributed by atoms with Crippen LogP contribution in [0.3, 0.4) is 0 Å². The van der Waals surface area contributed by atoms with Gasteiger partial charge in [0, 0.05) is 31.1 Å². The second-order valence-electron chi connectivity index (χ2n) is 8.97. The lowest BCUT2D eigenvalue weighted by atomic mass is 9.89. The number of Topliss-reactive ketones (excluding diaryl/α,β-unsaturated/α-hetero) is 1. The first kappa shape index (κ1) is 25.0. The second kappa shape index (κ2) is 12.0. The molecule has 0 amide bonds. The molecule has 8 heteroatoms. The van der Waals surface area contributed by atoms with Crippen LogP contribution in [0.1, 0.15) is 63.5 Å². The number of ketones is 1. The molecule has 7 nitrogen and oxygen atoms in total. The smallest absolute Gasteiger partial charge is 0.161 e. The molecule has 2 aliphatic rings. The predicted molar refractivity (Wildman–Crippen MR) is 124 cm³/mol. The summed E-state index contributed by atoms with van der Waals surface area (Å²) in [4.78, 5) is 15.0. The Hall–Kier alpha value is -1.64. The van der Waals surface area contributed by atoms with E-state index in [-0.39, 0.29) is 29.6 Å². The molecule has 1 aromatic carbocycles. The van der Waals surface area contributed by atoms with Gasteiger partial charge in [-0.15, -0.1) is 0 Å². The number of hydrogen-bond donors (Lipinski definition) is 1. The number of rotatable bonds is 13. The number of likely N-dealkylation sites (tertiary alicyclic amines) is 1. The van der Waals surface area contributed by atoms with Crippen LogP contribution in [-0.4, -0.2) is 68.6 Å². The molecule has 0 bridgehead atoms. The SMILES string of the molecule is CCCS(=O)(=O)CCCCC(=O)C[C@H](CN1CCCC1)[C@H](O)c1ccc2c(c1)OCCO2. The monoisotopic (exact) mass is 467 g/mol.